The van der Waals surface area contributed by atoms with Gasteiger partial charge in [-0.2, -0.15) is 0 Å². The Labute approximate surface area is 157 Å². The Morgan fingerprint density at radius 1 is 1.15 bits per heavy atom. The normalized spacial score (nSPS) is 20.4. The van der Waals surface area contributed by atoms with Gasteiger partial charge in [0.15, 0.2) is 5.76 Å². The maximum atomic E-state index is 12.9. The third kappa shape index (κ3) is 2.97. The first-order valence-electron chi connectivity index (χ1n) is 9.27. The number of rotatable bonds is 3. The Morgan fingerprint density at radius 3 is 2.89 bits per heavy atom. The van der Waals surface area contributed by atoms with Gasteiger partial charge >= 0.3 is 0 Å². The van der Waals surface area contributed by atoms with Gasteiger partial charge in [-0.1, -0.05) is 12.1 Å². The maximum Gasteiger partial charge on any atom is 0.232 e. The third-order valence-corrected chi connectivity index (χ3v) is 5.21. The van der Waals surface area contributed by atoms with E-state index >= 15 is 0 Å². The molecule has 0 spiro atoms. The van der Waals surface area contributed by atoms with Crippen LogP contribution in [-0.4, -0.2) is 47.6 Å². The number of pyridine rings is 1. The Bertz CT molecular complexity index is 974. The number of carbonyl (C=O) groups excluding carboxylic acids is 1. The zero-order chi connectivity index (χ0) is 18.2. The van der Waals surface area contributed by atoms with Crippen LogP contribution < -0.4 is 10.1 Å². The molecule has 1 aromatic heterocycles. The summed E-state index contributed by atoms with van der Waals surface area (Å²) in [6.07, 6.45) is 3.52. The van der Waals surface area contributed by atoms with Gasteiger partial charge in [-0.25, -0.2) is 0 Å². The van der Waals surface area contributed by atoms with Gasteiger partial charge in [-0.3, -0.25) is 19.7 Å². The number of Topliss-reactive ketones (excluding diaryl/α,β-unsaturated/α-hetero) is 1. The van der Waals surface area contributed by atoms with Crippen LogP contribution in [0.25, 0.3) is 0 Å². The second-order valence-electron chi connectivity index (χ2n) is 6.96. The van der Waals surface area contributed by atoms with E-state index < -0.39 is 0 Å². The fourth-order valence-electron chi connectivity index (χ4n) is 3.79. The number of hydrogen-bond donors (Lipinski definition) is 1. The lowest BCUT2D eigenvalue weighted by Crippen LogP contribution is -2.42. The average Bonchev–Trinajstić information content (AvgIpc) is 3.26. The molecule has 27 heavy (non-hydrogen) atoms. The summed E-state index contributed by atoms with van der Waals surface area (Å²) in [7, 11) is 0. The highest BCUT2D eigenvalue weighted by Gasteiger charge is 2.31. The summed E-state index contributed by atoms with van der Waals surface area (Å²) in [5.41, 5.74) is 4.36. The average molecular weight is 360 g/mol. The van der Waals surface area contributed by atoms with Crippen molar-refractivity contribution in [2.24, 2.45) is 4.99 Å². The van der Waals surface area contributed by atoms with E-state index in [0.717, 1.165) is 55.3 Å². The van der Waals surface area contributed by atoms with Crippen molar-refractivity contribution in [1.29, 1.82) is 0 Å². The topological polar surface area (TPSA) is 66.8 Å². The van der Waals surface area contributed by atoms with Crippen molar-refractivity contribution in [3.05, 3.63) is 70.7 Å². The number of nitrogens with zero attached hydrogens (tertiary/aromatic N) is 3. The Morgan fingerprint density at radius 2 is 2.00 bits per heavy atom. The molecule has 0 bridgehead atoms. The Hall–Kier alpha value is -2.83. The molecule has 0 unspecified atom stereocenters. The lowest BCUT2D eigenvalue weighted by molar-refractivity contribution is 0.101. The van der Waals surface area contributed by atoms with Gasteiger partial charge in [-0.05, 0) is 18.2 Å². The largest absolute Gasteiger partial charge is 0.452 e. The molecule has 1 aromatic carbocycles. The van der Waals surface area contributed by atoms with E-state index in [2.05, 4.69) is 20.2 Å². The first kappa shape index (κ1) is 16.4. The molecule has 0 aliphatic carbocycles. The smallest absolute Gasteiger partial charge is 0.232 e. The minimum atomic E-state index is -0.0767. The summed E-state index contributed by atoms with van der Waals surface area (Å²) in [5, 5.41) is 3.36. The number of benzene rings is 1. The molecule has 4 heterocycles. The fraction of sp³-hybridized carbons (Fsp3) is 0.286. The second kappa shape index (κ2) is 6.72. The van der Waals surface area contributed by atoms with E-state index in [1.165, 1.54) is 0 Å². The summed E-state index contributed by atoms with van der Waals surface area (Å²) < 4.78 is 6.04. The summed E-state index contributed by atoms with van der Waals surface area (Å²) in [6, 6.07) is 9.69. The predicted molar refractivity (Wildman–Crippen MR) is 102 cm³/mol. The second-order valence-corrected chi connectivity index (χ2v) is 6.96. The molecular weight excluding hydrogens is 340 g/mol. The van der Waals surface area contributed by atoms with E-state index in [1.807, 2.05) is 30.3 Å². The van der Waals surface area contributed by atoms with Crippen molar-refractivity contribution in [2.75, 3.05) is 26.2 Å². The SMILES string of the molecule is O=C1/C(=C/C2=NCc3ncccc32)Oc2c(CN3CCNCC3)cccc21. The molecule has 0 saturated carbocycles. The van der Waals surface area contributed by atoms with Crippen LogP contribution in [0.2, 0.25) is 0 Å². The summed E-state index contributed by atoms with van der Waals surface area (Å²) in [5.74, 6) is 0.956. The number of fused-ring (bicyclic) bond motifs is 2. The van der Waals surface area contributed by atoms with Crippen LogP contribution in [0.15, 0.2) is 53.4 Å². The maximum absolute atomic E-state index is 12.9. The molecule has 0 amide bonds. The molecule has 6 heteroatoms. The molecule has 0 radical (unpaired) electrons. The number of piperazine rings is 1. The van der Waals surface area contributed by atoms with Crippen molar-refractivity contribution in [3.8, 4) is 5.75 Å². The predicted octanol–water partition coefficient (Wildman–Crippen LogP) is 1.95. The molecule has 6 nitrogen and oxygen atoms in total. The molecule has 3 aliphatic heterocycles. The highest BCUT2D eigenvalue weighted by atomic mass is 16.5. The molecule has 2 aromatic rings. The molecule has 0 atom stereocenters. The minimum Gasteiger partial charge on any atom is -0.452 e. The van der Waals surface area contributed by atoms with E-state index in [0.29, 0.717) is 23.6 Å². The lowest BCUT2D eigenvalue weighted by atomic mass is 10.0. The van der Waals surface area contributed by atoms with Crippen molar-refractivity contribution < 1.29 is 9.53 Å². The van der Waals surface area contributed by atoms with Gasteiger partial charge in [0.25, 0.3) is 0 Å². The third-order valence-electron chi connectivity index (χ3n) is 5.21. The van der Waals surface area contributed by atoms with Crippen LogP contribution in [-0.2, 0) is 13.1 Å². The first-order valence-corrected chi connectivity index (χ1v) is 9.27. The molecule has 1 N–H and O–H groups in total. The molecule has 136 valence electrons. The van der Waals surface area contributed by atoms with E-state index in [9.17, 15) is 4.79 Å². The number of ether oxygens (including phenoxy) is 1. The van der Waals surface area contributed by atoms with Crippen LogP contribution in [0.4, 0.5) is 0 Å². The number of nitrogens with one attached hydrogen (secondary N) is 1. The van der Waals surface area contributed by atoms with Gasteiger partial charge in [0.2, 0.25) is 5.78 Å². The number of ketones is 1. The fourth-order valence-corrected chi connectivity index (χ4v) is 3.79. The van der Waals surface area contributed by atoms with Crippen LogP contribution >= 0.6 is 0 Å². The highest BCUT2D eigenvalue weighted by molar-refractivity contribution is 6.19. The van der Waals surface area contributed by atoms with Gasteiger partial charge in [0, 0.05) is 56.1 Å². The molecule has 1 saturated heterocycles. The molecular formula is C21H20N4O2. The first-order chi connectivity index (χ1) is 13.3. The zero-order valence-corrected chi connectivity index (χ0v) is 14.9. The Balaban J connectivity index is 1.43. The Kier molecular flexibility index (Phi) is 4.07. The van der Waals surface area contributed by atoms with Gasteiger partial charge < -0.3 is 10.1 Å². The van der Waals surface area contributed by atoms with Crippen LogP contribution in [0.1, 0.15) is 27.2 Å². The highest BCUT2D eigenvalue weighted by Crippen LogP contribution is 2.35. The standard InChI is InChI=1S/C21H20N4O2/c26-20-16-4-1-3-14(13-25-9-7-22-8-10-25)21(16)27-19(20)11-17-15-5-2-6-23-18(15)12-24-17/h1-6,11,22H,7-10,12-13H2/b19-11-. The number of carbonyl (C=O) groups is 1. The minimum absolute atomic E-state index is 0.0767. The summed E-state index contributed by atoms with van der Waals surface area (Å²) in [6.45, 7) is 5.33. The summed E-state index contributed by atoms with van der Waals surface area (Å²) in [4.78, 5) is 24.1. The zero-order valence-electron chi connectivity index (χ0n) is 14.9. The van der Waals surface area contributed by atoms with E-state index in [4.69, 9.17) is 4.74 Å². The van der Waals surface area contributed by atoms with Crippen LogP contribution in [0.5, 0.6) is 5.75 Å². The number of aliphatic imine (C=N–C) groups is 1. The van der Waals surface area contributed by atoms with Crippen LogP contribution in [0.3, 0.4) is 0 Å². The van der Waals surface area contributed by atoms with Crippen molar-refractivity contribution in [3.63, 3.8) is 0 Å². The molecule has 5 rings (SSSR count). The quantitative estimate of drug-likeness (QED) is 0.848. The number of para-hydroxylation sites is 1. The van der Waals surface area contributed by atoms with Crippen LogP contribution in [0, 0.1) is 0 Å². The van der Waals surface area contributed by atoms with E-state index in [-0.39, 0.29) is 5.78 Å². The van der Waals surface area contributed by atoms with Crippen molar-refractivity contribution in [2.45, 2.75) is 13.1 Å². The van der Waals surface area contributed by atoms with Crippen molar-refractivity contribution >= 4 is 11.5 Å². The summed E-state index contributed by atoms with van der Waals surface area (Å²) >= 11 is 0. The molecule has 3 aliphatic rings. The van der Waals surface area contributed by atoms with Gasteiger partial charge in [-0.15, -0.1) is 0 Å². The molecule has 1 fully saturated rings. The monoisotopic (exact) mass is 360 g/mol. The van der Waals surface area contributed by atoms with E-state index in [1.54, 1.807) is 12.3 Å². The van der Waals surface area contributed by atoms with Gasteiger partial charge in [0.1, 0.15) is 5.75 Å². The number of allylic oxidation sites excluding steroid dienone is 2. The lowest BCUT2D eigenvalue weighted by Gasteiger charge is -2.27. The van der Waals surface area contributed by atoms with Crippen molar-refractivity contribution in [1.82, 2.24) is 15.2 Å². The number of aromatic nitrogens is 1. The van der Waals surface area contributed by atoms with Gasteiger partial charge in [0.05, 0.1) is 23.5 Å². The number of hydrogen-bond acceptors (Lipinski definition) is 6.